The molecule has 1 aromatic carbocycles. The lowest BCUT2D eigenvalue weighted by molar-refractivity contribution is -0.115. The normalized spacial score (nSPS) is 12.1. The summed E-state index contributed by atoms with van der Waals surface area (Å²) in [5.41, 5.74) is 0.613. The number of hydrogen-bond donors (Lipinski definition) is 2. The lowest BCUT2D eigenvalue weighted by atomic mass is 10.2. The fraction of sp³-hybridized carbons (Fsp3) is 0.214. The Labute approximate surface area is 116 Å². The lowest BCUT2D eigenvalue weighted by Crippen LogP contribution is -2.30. The molecule has 1 aromatic heterocycles. The van der Waals surface area contributed by atoms with Crippen molar-refractivity contribution < 1.29 is 9.21 Å². The predicted molar refractivity (Wildman–Crippen MR) is 75.2 cm³/mol. The standard InChI is InChI=1S/C14H15ClN2O2/c1-10(13-7-4-8-19-13)16-9-14(18)17-12-6-3-2-5-11(12)15/h2-8,10,16H,9H2,1H3,(H,17,18)/t10-/m1/s1. The first-order chi connectivity index (χ1) is 9.16. The molecule has 0 spiro atoms. The number of amides is 1. The van der Waals surface area contributed by atoms with E-state index in [0.29, 0.717) is 10.7 Å². The second-order valence-corrected chi connectivity index (χ2v) is 4.55. The maximum absolute atomic E-state index is 11.8. The molecule has 0 radical (unpaired) electrons. The number of halogens is 1. The third-order valence-electron chi connectivity index (χ3n) is 2.69. The minimum absolute atomic E-state index is 0.0213. The van der Waals surface area contributed by atoms with Crippen LogP contribution in [-0.2, 0) is 4.79 Å². The zero-order chi connectivity index (χ0) is 13.7. The van der Waals surface area contributed by atoms with Crippen molar-refractivity contribution in [2.24, 2.45) is 0 Å². The lowest BCUT2D eigenvalue weighted by Gasteiger charge is -2.12. The number of hydrogen-bond acceptors (Lipinski definition) is 3. The highest BCUT2D eigenvalue weighted by Gasteiger charge is 2.10. The zero-order valence-corrected chi connectivity index (χ0v) is 11.3. The van der Waals surface area contributed by atoms with Crippen molar-refractivity contribution in [3.63, 3.8) is 0 Å². The van der Waals surface area contributed by atoms with Crippen molar-refractivity contribution in [3.05, 3.63) is 53.4 Å². The Morgan fingerprint density at radius 1 is 1.32 bits per heavy atom. The van der Waals surface area contributed by atoms with Gasteiger partial charge in [-0.2, -0.15) is 0 Å². The van der Waals surface area contributed by atoms with E-state index in [1.54, 1.807) is 18.4 Å². The molecule has 2 aromatic rings. The number of para-hydroxylation sites is 1. The predicted octanol–water partition coefficient (Wildman–Crippen LogP) is 3.22. The van der Waals surface area contributed by atoms with Crippen molar-refractivity contribution in [2.45, 2.75) is 13.0 Å². The van der Waals surface area contributed by atoms with Gasteiger partial charge >= 0.3 is 0 Å². The summed E-state index contributed by atoms with van der Waals surface area (Å²) in [6, 6.07) is 10.8. The van der Waals surface area contributed by atoms with Crippen LogP contribution in [0.2, 0.25) is 5.02 Å². The van der Waals surface area contributed by atoms with Crippen LogP contribution in [0.4, 0.5) is 5.69 Å². The van der Waals surface area contributed by atoms with Gasteiger partial charge in [0.05, 0.1) is 29.6 Å². The van der Waals surface area contributed by atoms with Crippen LogP contribution in [0.1, 0.15) is 18.7 Å². The highest BCUT2D eigenvalue weighted by atomic mass is 35.5. The Bertz CT molecular complexity index is 540. The van der Waals surface area contributed by atoms with E-state index in [0.717, 1.165) is 5.76 Å². The van der Waals surface area contributed by atoms with E-state index in [1.165, 1.54) is 0 Å². The van der Waals surface area contributed by atoms with E-state index in [-0.39, 0.29) is 18.5 Å². The van der Waals surface area contributed by atoms with Crippen LogP contribution in [0, 0.1) is 0 Å². The van der Waals surface area contributed by atoms with Gasteiger partial charge < -0.3 is 9.73 Å². The summed E-state index contributed by atoms with van der Waals surface area (Å²) in [7, 11) is 0. The Hall–Kier alpha value is -1.78. The summed E-state index contributed by atoms with van der Waals surface area (Å²) in [4.78, 5) is 11.8. The third kappa shape index (κ3) is 3.84. The summed E-state index contributed by atoms with van der Waals surface area (Å²) in [6.07, 6.45) is 1.61. The second-order valence-electron chi connectivity index (χ2n) is 4.15. The SMILES string of the molecule is C[C@@H](NCC(=O)Nc1ccccc1Cl)c1ccco1. The van der Waals surface area contributed by atoms with Crippen molar-refractivity contribution >= 4 is 23.2 Å². The van der Waals surface area contributed by atoms with Gasteiger partial charge in [0.15, 0.2) is 0 Å². The monoisotopic (exact) mass is 278 g/mol. The fourth-order valence-corrected chi connectivity index (χ4v) is 1.82. The van der Waals surface area contributed by atoms with Gasteiger partial charge in [0.2, 0.25) is 5.91 Å². The summed E-state index contributed by atoms with van der Waals surface area (Å²) in [5, 5.41) is 6.35. The van der Waals surface area contributed by atoms with Gasteiger partial charge in [0.1, 0.15) is 5.76 Å². The van der Waals surface area contributed by atoms with E-state index in [1.807, 2.05) is 31.2 Å². The molecule has 0 fully saturated rings. The first-order valence-electron chi connectivity index (χ1n) is 5.98. The van der Waals surface area contributed by atoms with Crippen LogP contribution in [0.15, 0.2) is 47.1 Å². The van der Waals surface area contributed by atoms with E-state index in [2.05, 4.69) is 10.6 Å². The molecule has 100 valence electrons. The molecule has 0 saturated carbocycles. The Kier molecular flexibility index (Phi) is 4.60. The fourth-order valence-electron chi connectivity index (χ4n) is 1.64. The molecule has 0 bridgehead atoms. The van der Waals surface area contributed by atoms with Gasteiger partial charge in [-0.1, -0.05) is 23.7 Å². The number of carbonyl (C=O) groups excluding carboxylic acids is 1. The van der Waals surface area contributed by atoms with Gasteiger partial charge in [0.25, 0.3) is 0 Å². The van der Waals surface area contributed by atoms with Gasteiger partial charge in [-0.15, -0.1) is 0 Å². The Morgan fingerprint density at radius 3 is 2.79 bits per heavy atom. The molecule has 0 aliphatic carbocycles. The number of rotatable bonds is 5. The number of benzene rings is 1. The van der Waals surface area contributed by atoms with Gasteiger partial charge in [-0.25, -0.2) is 0 Å². The van der Waals surface area contributed by atoms with E-state index >= 15 is 0 Å². The molecule has 1 heterocycles. The number of anilines is 1. The van der Waals surface area contributed by atoms with Crippen LogP contribution in [0.3, 0.4) is 0 Å². The van der Waals surface area contributed by atoms with Crippen LogP contribution < -0.4 is 10.6 Å². The second kappa shape index (κ2) is 6.41. The van der Waals surface area contributed by atoms with E-state index in [9.17, 15) is 4.79 Å². The van der Waals surface area contributed by atoms with Crippen molar-refractivity contribution in [3.8, 4) is 0 Å². The molecule has 1 amide bonds. The van der Waals surface area contributed by atoms with E-state index in [4.69, 9.17) is 16.0 Å². The van der Waals surface area contributed by atoms with Gasteiger partial charge in [0, 0.05) is 0 Å². The first kappa shape index (κ1) is 13.6. The van der Waals surface area contributed by atoms with Crippen LogP contribution >= 0.6 is 11.6 Å². The molecule has 2 N–H and O–H groups in total. The number of furan rings is 1. The topological polar surface area (TPSA) is 54.3 Å². The average molecular weight is 279 g/mol. The minimum Gasteiger partial charge on any atom is -0.468 e. The van der Waals surface area contributed by atoms with Crippen molar-refractivity contribution in [1.29, 1.82) is 0 Å². The summed E-state index contributed by atoms with van der Waals surface area (Å²) < 4.78 is 5.25. The molecule has 19 heavy (non-hydrogen) atoms. The number of carbonyl (C=O) groups is 1. The Balaban J connectivity index is 1.84. The summed E-state index contributed by atoms with van der Waals surface area (Å²) >= 11 is 5.96. The molecule has 0 saturated heterocycles. The third-order valence-corrected chi connectivity index (χ3v) is 3.02. The van der Waals surface area contributed by atoms with Crippen LogP contribution in [0.25, 0.3) is 0 Å². The smallest absolute Gasteiger partial charge is 0.238 e. The molecule has 1 atom stereocenters. The quantitative estimate of drug-likeness (QED) is 0.883. The zero-order valence-electron chi connectivity index (χ0n) is 10.5. The van der Waals surface area contributed by atoms with Crippen molar-refractivity contribution in [1.82, 2.24) is 5.32 Å². The van der Waals surface area contributed by atoms with Crippen LogP contribution in [0.5, 0.6) is 0 Å². The van der Waals surface area contributed by atoms with Gasteiger partial charge in [-0.05, 0) is 31.2 Å². The highest BCUT2D eigenvalue weighted by molar-refractivity contribution is 6.33. The molecule has 0 aliphatic heterocycles. The van der Waals surface area contributed by atoms with Gasteiger partial charge in [-0.3, -0.25) is 10.1 Å². The largest absolute Gasteiger partial charge is 0.468 e. The van der Waals surface area contributed by atoms with Crippen LogP contribution in [-0.4, -0.2) is 12.5 Å². The summed E-state index contributed by atoms with van der Waals surface area (Å²) in [5.74, 6) is 0.650. The molecule has 0 unspecified atom stereocenters. The minimum atomic E-state index is -0.147. The molecule has 4 nitrogen and oxygen atoms in total. The molecular formula is C14H15ClN2O2. The highest BCUT2D eigenvalue weighted by Crippen LogP contribution is 2.20. The maximum atomic E-state index is 11.8. The molecule has 5 heteroatoms. The number of nitrogens with one attached hydrogen (secondary N) is 2. The van der Waals surface area contributed by atoms with E-state index < -0.39 is 0 Å². The molecule has 2 rings (SSSR count). The molecule has 0 aliphatic rings. The maximum Gasteiger partial charge on any atom is 0.238 e. The van der Waals surface area contributed by atoms with Crippen molar-refractivity contribution in [2.75, 3.05) is 11.9 Å². The first-order valence-corrected chi connectivity index (χ1v) is 6.36. The summed E-state index contributed by atoms with van der Waals surface area (Å²) in [6.45, 7) is 2.12. The Morgan fingerprint density at radius 2 is 2.11 bits per heavy atom. The average Bonchev–Trinajstić information content (AvgIpc) is 2.93. The molecular weight excluding hydrogens is 264 g/mol.